The Morgan fingerprint density at radius 1 is 1.19 bits per heavy atom. The maximum atomic E-state index is 9.10. The van der Waals surface area contributed by atoms with Crippen LogP contribution in [0.5, 0.6) is 5.88 Å². The van der Waals surface area contributed by atoms with E-state index in [0.717, 1.165) is 31.9 Å². The summed E-state index contributed by atoms with van der Waals surface area (Å²) in [6.45, 7) is 3.56. The van der Waals surface area contributed by atoms with Crippen LogP contribution in [-0.4, -0.2) is 57.0 Å². The number of fused-ring (bicyclic) bond motifs is 1. The van der Waals surface area contributed by atoms with E-state index in [4.69, 9.17) is 24.5 Å². The van der Waals surface area contributed by atoms with Gasteiger partial charge in [-0.1, -0.05) is 30.3 Å². The molecule has 0 fully saturated rings. The lowest BCUT2D eigenvalue weighted by Gasteiger charge is -2.16. The van der Waals surface area contributed by atoms with Gasteiger partial charge in [-0.25, -0.2) is 9.59 Å². The number of carboxylic acid groups (broad SMARTS) is 2. The fraction of sp³-hybridized carbons (Fsp3) is 0.421. The number of nitrogens with zero attached hydrogens (tertiary/aromatic N) is 3. The summed E-state index contributed by atoms with van der Waals surface area (Å²) in [5.41, 5.74) is 2.64. The Hall–Kier alpha value is -2.87. The number of aromatic nitrogens is 2. The third-order valence-corrected chi connectivity index (χ3v) is 4.09. The van der Waals surface area contributed by atoms with Crippen molar-refractivity contribution in [1.82, 2.24) is 14.7 Å². The molecule has 2 heterocycles. The van der Waals surface area contributed by atoms with Crippen molar-refractivity contribution >= 4 is 11.9 Å². The van der Waals surface area contributed by atoms with Gasteiger partial charge in [0.05, 0.1) is 0 Å². The zero-order chi connectivity index (χ0) is 19.6. The first-order valence-corrected chi connectivity index (χ1v) is 8.84. The minimum absolute atomic E-state index is 0.680. The molecule has 1 aliphatic rings. The average Bonchev–Trinajstić information content (AvgIpc) is 3.05. The zero-order valence-electron chi connectivity index (χ0n) is 15.4. The van der Waals surface area contributed by atoms with E-state index in [-0.39, 0.29) is 0 Å². The van der Waals surface area contributed by atoms with Crippen LogP contribution >= 0.6 is 0 Å². The fourth-order valence-electron chi connectivity index (χ4n) is 2.74. The van der Waals surface area contributed by atoms with Gasteiger partial charge >= 0.3 is 11.9 Å². The zero-order valence-corrected chi connectivity index (χ0v) is 15.4. The number of aliphatic carboxylic acids is 2. The van der Waals surface area contributed by atoms with Crippen molar-refractivity contribution in [3.8, 4) is 5.88 Å². The number of carboxylic acids is 2. The van der Waals surface area contributed by atoms with Gasteiger partial charge in [-0.3, -0.25) is 9.58 Å². The van der Waals surface area contributed by atoms with Gasteiger partial charge in [0.25, 0.3) is 0 Å². The number of ether oxygens (including phenoxy) is 1. The molecule has 8 heteroatoms. The van der Waals surface area contributed by atoms with Gasteiger partial charge in [0.2, 0.25) is 5.88 Å². The van der Waals surface area contributed by atoms with Crippen LogP contribution in [0.25, 0.3) is 0 Å². The van der Waals surface area contributed by atoms with E-state index in [1.807, 2.05) is 6.07 Å². The molecular weight excluding hydrogens is 350 g/mol. The maximum absolute atomic E-state index is 9.10. The molecule has 0 spiro atoms. The highest BCUT2D eigenvalue weighted by Gasteiger charge is 2.12. The highest BCUT2D eigenvalue weighted by molar-refractivity contribution is 6.27. The molecule has 1 aliphatic heterocycles. The molecule has 0 atom stereocenters. The van der Waals surface area contributed by atoms with Gasteiger partial charge in [0, 0.05) is 31.4 Å². The molecule has 0 bridgehead atoms. The average molecular weight is 375 g/mol. The Morgan fingerprint density at radius 2 is 1.89 bits per heavy atom. The van der Waals surface area contributed by atoms with Crippen molar-refractivity contribution in [3.63, 3.8) is 0 Å². The monoisotopic (exact) mass is 375 g/mol. The summed E-state index contributed by atoms with van der Waals surface area (Å²) >= 11 is 0. The summed E-state index contributed by atoms with van der Waals surface area (Å²) < 4.78 is 7.88. The molecule has 8 nitrogen and oxygen atoms in total. The Bertz CT molecular complexity index is 710. The number of carbonyl (C=O) groups is 2. The Balaban J connectivity index is 0.000000380. The number of aryl methyl sites for hydroxylation is 2. The molecule has 0 radical (unpaired) electrons. The van der Waals surface area contributed by atoms with Crippen LogP contribution in [0.1, 0.15) is 24.1 Å². The lowest BCUT2D eigenvalue weighted by Crippen LogP contribution is -2.23. The number of benzene rings is 1. The highest BCUT2D eigenvalue weighted by atomic mass is 16.5. The third-order valence-electron chi connectivity index (χ3n) is 4.09. The largest absolute Gasteiger partial charge is 0.475 e. The Labute approximate surface area is 158 Å². The van der Waals surface area contributed by atoms with Crippen LogP contribution in [0, 0.1) is 0 Å². The summed E-state index contributed by atoms with van der Waals surface area (Å²) in [5, 5.41) is 19.3. The van der Waals surface area contributed by atoms with E-state index in [9.17, 15) is 0 Å². The van der Waals surface area contributed by atoms with Crippen LogP contribution in [0.2, 0.25) is 0 Å². The smallest absolute Gasteiger partial charge is 0.414 e. The molecule has 146 valence electrons. The molecule has 2 N–H and O–H groups in total. The summed E-state index contributed by atoms with van der Waals surface area (Å²) in [5.74, 6) is -2.87. The van der Waals surface area contributed by atoms with Gasteiger partial charge in [-0.05, 0) is 31.9 Å². The minimum atomic E-state index is -1.82. The summed E-state index contributed by atoms with van der Waals surface area (Å²) in [7, 11) is 2.12. The van der Waals surface area contributed by atoms with Crippen molar-refractivity contribution in [1.29, 1.82) is 0 Å². The molecular formula is C19H25N3O5. The summed E-state index contributed by atoms with van der Waals surface area (Å²) in [6, 6.07) is 12.6. The molecule has 0 amide bonds. The predicted molar refractivity (Wildman–Crippen MR) is 98.7 cm³/mol. The van der Waals surface area contributed by atoms with Gasteiger partial charge < -0.3 is 14.9 Å². The van der Waals surface area contributed by atoms with Crippen LogP contribution in [0.15, 0.2) is 36.4 Å². The first-order chi connectivity index (χ1) is 13.0. The van der Waals surface area contributed by atoms with Crippen molar-refractivity contribution in [3.05, 3.63) is 47.7 Å². The van der Waals surface area contributed by atoms with Gasteiger partial charge in [0.15, 0.2) is 0 Å². The number of hydrogen-bond donors (Lipinski definition) is 2. The molecule has 0 saturated heterocycles. The molecule has 0 saturated carbocycles. The quantitative estimate of drug-likeness (QED) is 0.743. The lowest BCUT2D eigenvalue weighted by atomic mass is 10.1. The first-order valence-electron chi connectivity index (χ1n) is 8.84. The minimum Gasteiger partial charge on any atom is -0.475 e. The normalized spacial score (nSPS) is 12.7. The summed E-state index contributed by atoms with van der Waals surface area (Å²) in [6.07, 6.45) is 3.63. The van der Waals surface area contributed by atoms with Crippen LogP contribution in [-0.2, 0) is 29.1 Å². The molecule has 0 aliphatic carbocycles. The number of likely N-dealkylation sites (N-methyl/N-ethyl adjacent to an activating group) is 1. The van der Waals surface area contributed by atoms with E-state index in [1.165, 1.54) is 24.1 Å². The number of rotatable bonds is 6. The van der Waals surface area contributed by atoms with Crippen molar-refractivity contribution in [2.24, 2.45) is 0 Å². The van der Waals surface area contributed by atoms with Crippen LogP contribution < -0.4 is 4.74 Å². The third kappa shape index (κ3) is 7.10. The van der Waals surface area contributed by atoms with E-state index in [0.29, 0.717) is 6.61 Å². The summed E-state index contributed by atoms with van der Waals surface area (Å²) in [4.78, 5) is 20.5. The molecule has 2 aromatic rings. The second kappa shape index (κ2) is 10.3. The van der Waals surface area contributed by atoms with Crippen molar-refractivity contribution < 1.29 is 24.5 Å². The Kier molecular flexibility index (Phi) is 7.81. The second-order valence-electron chi connectivity index (χ2n) is 6.34. The molecule has 1 aromatic carbocycles. The highest BCUT2D eigenvalue weighted by Crippen LogP contribution is 2.19. The van der Waals surface area contributed by atoms with Crippen molar-refractivity contribution in [2.45, 2.75) is 32.4 Å². The van der Waals surface area contributed by atoms with Gasteiger partial charge in [-0.15, -0.1) is 5.10 Å². The molecule has 1 aromatic heterocycles. The Morgan fingerprint density at radius 3 is 2.52 bits per heavy atom. The van der Waals surface area contributed by atoms with Gasteiger partial charge in [0.1, 0.15) is 6.61 Å². The van der Waals surface area contributed by atoms with Crippen LogP contribution in [0.3, 0.4) is 0 Å². The van der Waals surface area contributed by atoms with Gasteiger partial charge in [-0.2, -0.15) is 0 Å². The van der Waals surface area contributed by atoms with E-state index in [2.05, 4.69) is 52.1 Å². The van der Waals surface area contributed by atoms with Crippen LogP contribution in [0.4, 0.5) is 0 Å². The number of hydrogen-bond acceptors (Lipinski definition) is 5. The topological polar surface area (TPSA) is 105 Å². The lowest BCUT2D eigenvalue weighted by molar-refractivity contribution is -0.159. The van der Waals surface area contributed by atoms with E-state index >= 15 is 0 Å². The molecule has 0 unspecified atom stereocenters. The standard InChI is InChI=1S/C17H23N3O.C2H2O4/c1-19(14-15-7-3-2-4-8-15)11-12-21-17-13-16-9-5-6-10-20(16)18-17;3-1(4)2(5)6/h2-4,7-8,13H,5-6,9-12,14H2,1H3;(H,3,4)(H,5,6). The van der Waals surface area contributed by atoms with E-state index < -0.39 is 11.9 Å². The second-order valence-corrected chi connectivity index (χ2v) is 6.34. The molecule has 27 heavy (non-hydrogen) atoms. The van der Waals surface area contributed by atoms with E-state index in [1.54, 1.807) is 0 Å². The SMILES string of the molecule is CN(CCOc1cc2n(n1)CCCC2)Cc1ccccc1.O=C(O)C(=O)O. The first kappa shape index (κ1) is 20.4. The fourth-order valence-corrected chi connectivity index (χ4v) is 2.74. The maximum Gasteiger partial charge on any atom is 0.414 e. The molecule has 3 rings (SSSR count). The van der Waals surface area contributed by atoms with Crippen molar-refractivity contribution in [2.75, 3.05) is 20.2 Å². The predicted octanol–water partition coefficient (Wildman–Crippen LogP) is 1.89.